The van der Waals surface area contributed by atoms with Crippen LogP contribution in [-0.4, -0.2) is 29.3 Å². The van der Waals surface area contributed by atoms with Crippen LogP contribution in [0, 0.1) is 17.2 Å². The molecule has 2 rings (SSSR count). The van der Waals surface area contributed by atoms with E-state index in [-0.39, 0.29) is 11.8 Å². The van der Waals surface area contributed by atoms with Crippen LogP contribution in [-0.2, 0) is 0 Å². The third-order valence-corrected chi connectivity index (χ3v) is 3.26. The van der Waals surface area contributed by atoms with Gasteiger partial charge in [-0.25, -0.2) is 4.98 Å². The van der Waals surface area contributed by atoms with E-state index in [0.29, 0.717) is 24.0 Å². The van der Waals surface area contributed by atoms with Gasteiger partial charge in [-0.3, -0.25) is 0 Å². The van der Waals surface area contributed by atoms with Gasteiger partial charge in [0, 0.05) is 13.1 Å². The molecule has 1 aliphatic heterocycles. The van der Waals surface area contributed by atoms with E-state index in [1.165, 1.54) is 0 Å². The number of hydrogen-bond donors (Lipinski definition) is 2. The second-order valence-electron chi connectivity index (χ2n) is 4.50. The third kappa shape index (κ3) is 2.32. The van der Waals surface area contributed by atoms with Crippen molar-refractivity contribution in [1.29, 1.82) is 5.26 Å². The summed E-state index contributed by atoms with van der Waals surface area (Å²) in [6.45, 7) is 3.45. The van der Waals surface area contributed by atoms with Gasteiger partial charge in [0.05, 0.1) is 11.8 Å². The molecule has 5 nitrogen and oxygen atoms in total. The van der Waals surface area contributed by atoms with Gasteiger partial charge in [-0.05, 0) is 24.5 Å². The maximum absolute atomic E-state index is 9.83. The molecule has 0 bridgehead atoms. The topological polar surface area (TPSA) is 86.2 Å². The molecule has 2 heterocycles. The number of rotatable bonds is 1. The monoisotopic (exact) mass is 232 g/mol. The fourth-order valence-electron chi connectivity index (χ4n) is 1.98. The van der Waals surface area contributed by atoms with E-state index in [4.69, 9.17) is 11.0 Å². The molecule has 1 fully saturated rings. The van der Waals surface area contributed by atoms with Crippen molar-refractivity contribution < 1.29 is 5.11 Å². The largest absolute Gasteiger partial charge is 0.396 e. The molecule has 0 spiro atoms. The summed E-state index contributed by atoms with van der Waals surface area (Å²) in [5.74, 6) is 1.03. The minimum atomic E-state index is -0.339. The summed E-state index contributed by atoms with van der Waals surface area (Å²) in [4.78, 5) is 6.19. The number of nitrogens with zero attached hydrogens (tertiary/aromatic N) is 3. The van der Waals surface area contributed by atoms with Crippen molar-refractivity contribution in [2.45, 2.75) is 19.4 Å². The number of aromatic nitrogens is 1. The van der Waals surface area contributed by atoms with E-state index < -0.39 is 0 Å². The van der Waals surface area contributed by atoms with E-state index in [9.17, 15) is 5.11 Å². The van der Waals surface area contributed by atoms with Crippen molar-refractivity contribution in [2.24, 2.45) is 5.92 Å². The summed E-state index contributed by atoms with van der Waals surface area (Å²) in [7, 11) is 0. The molecule has 1 aliphatic rings. The minimum Gasteiger partial charge on any atom is -0.396 e. The van der Waals surface area contributed by atoms with Crippen LogP contribution in [0.3, 0.4) is 0 Å². The first-order chi connectivity index (χ1) is 8.11. The van der Waals surface area contributed by atoms with E-state index in [1.54, 1.807) is 12.1 Å². The van der Waals surface area contributed by atoms with Gasteiger partial charge in [0.25, 0.3) is 0 Å². The fraction of sp³-hybridized carbons (Fsp3) is 0.500. The molecule has 1 aromatic rings. The summed E-state index contributed by atoms with van der Waals surface area (Å²) in [5.41, 5.74) is 6.26. The lowest BCUT2D eigenvalue weighted by Crippen LogP contribution is -2.43. The number of pyridine rings is 1. The molecule has 2 unspecified atom stereocenters. The lowest BCUT2D eigenvalue weighted by atomic mass is 9.96. The van der Waals surface area contributed by atoms with Gasteiger partial charge in [-0.1, -0.05) is 6.92 Å². The van der Waals surface area contributed by atoms with Crippen molar-refractivity contribution in [1.82, 2.24) is 4.98 Å². The van der Waals surface area contributed by atoms with Crippen LogP contribution >= 0.6 is 0 Å². The molecular weight excluding hydrogens is 216 g/mol. The number of anilines is 2. The zero-order chi connectivity index (χ0) is 12.4. The lowest BCUT2D eigenvalue weighted by molar-refractivity contribution is 0.102. The molecule has 0 aliphatic carbocycles. The summed E-state index contributed by atoms with van der Waals surface area (Å²) >= 11 is 0. The number of aliphatic hydroxyl groups is 1. The number of nitriles is 1. The predicted octanol–water partition coefficient (Wildman–Crippen LogP) is 0.743. The Balaban J connectivity index is 2.21. The molecule has 0 aromatic carbocycles. The number of hydrogen-bond acceptors (Lipinski definition) is 5. The Morgan fingerprint density at radius 1 is 1.59 bits per heavy atom. The molecule has 1 aromatic heterocycles. The van der Waals surface area contributed by atoms with E-state index in [1.807, 2.05) is 17.9 Å². The number of nitrogens with two attached hydrogens (primary N) is 1. The number of nitrogen functional groups attached to an aromatic ring is 1. The SMILES string of the molecule is CC1CCN(c2ccc(N)c(C#N)n2)CC1O. The second kappa shape index (κ2) is 4.60. The average Bonchev–Trinajstić information content (AvgIpc) is 2.33. The van der Waals surface area contributed by atoms with Crippen molar-refractivity contribution in [2.75, 3.05) is 23.7 Å². The average molecular weight is 232 g/mol. The van der Waals surface area contributed by atoms with Gasteiger partial charge >= 0.3 is 0 Å². The van der Waals surface area contributed by atoms with E-state index in [2.05, 4.69) is 4.98 Å². The highest BCUT2D eigenvalue weighted by Gasteiger charge is 2.25. The Kier molecular flexibility index (Phi) is 3.16. The fourth-order valence-corrected chi connectivity index (χ4v) is 1.98. The summed E-state index contributed by atoms with van der Waals surface area (Å²) in [5, 5.41) is 18.7. The Morgan fingerprint density at radius 2 is 2.35 bits per heavy atom. The molecule has 90 valence electrons. The molecule has 1 saturated heterocycles. The van der Waals surface area contributed by atoms with Crippen LogP contribution in [0.5, 0.6) is 0 Å². The number of piperidine rings is 1. The summed E-state index contributed by atoms with van der Waals surface area (Å²) < 4.78 is 0. The van der Waals surface area contributed by atoms with Crippen LogP contribution in [0.25, 0.3) is 0 Å². The van der Waals surface area contributed by atoms with Crippen molar-refractivity contribution in [3.63, 3.8) is 0 Å². The number of β-amino-alcohol motifs (C(OH)–C–C–N with tert-alkyl or cyclic N) is 1. The normalized spacial score (nSPS) is 24.4. The molecular formula is C12H16N4O. The Bertz CT molecular complexity index is 454. The molecule has 2 atom stereocenters. The van der Waals surface area contributed by atoms with Crippen molar-refractivity contribution >= 4 is 11.5 Å². The highest BCUT2D eigenvalue weighted by molar-refractivity contribution is 5.55. The lowest BCUT2D eigenvalue weighted by Gasteiger charge is -2.35. The highest BCUT2D eigenvalue weighted by Crippen LogP contribution is 2.23. The van der Waals surface area contributed by atoms with Crippen LogP contribution in [0.4, 0.5) is 11.5 Å². The summed E-state index contributed by atoms with van der Waals surface area (Å²) in [6, 6.07) is 5.45. The van der Waals surface area contributed by atoms with Gasteiger partial charge in [0.2, 0.25) is 0 Å². The number of aliphatic hydroxyl groups excluding tert-OH is 1. The first-order valence-electron chi connectivity index (χ1n) is 5.71. The van der Waals surface area contributed by atoms with E-state index >= 15 is 0 Å². The van der Waals surface area contributed by atoms with Crippen LogP contribution in [0.15, 0.2) is 12.1 Å². The minimum absolute atomic E-state index is 0.246. The van der Waals surface area contributed by atoms with E-state index in [0.717, 1.165) is 13.0 Å². The maximum atomic E-state index is 9.83. The maximum Gasteiger partial charge on any atom is 0.165 e. The molecule has 0 radical (unpaired) electrons. The Morgan fingerprint density at radius 3 is 3.00 bits per heavy atom. The first-order valence-corrected chi connectivity index (χ1v) is 5.71. The molecule has 5 heteroatoms. The van der Waals surface area contributed by atoms with Gasteiger partial charge in [0.1, 0.15) is 11.9 Å². The first kappa shape index (κ1) is 11.7. The quantitative estimate of drug-likeness (QED) is 0.746. The molecule has 0 saturated carbocycles. The second-order valence-corrected chi connectivity index (χ2v) is 4.50. The standard InChI is InChI=1S/C12H16N4O/c1-8-4-5-16(7-11(8)17)12-3-2-9(14)10(6-13)15-12/h2-3,8,11,17H,4-5,7,14H2,1H3. The predicted molar refractivity (Wildman–Crippen MR) is 65.4 cm³/mol. The molecule has 17 heavy (non-hydrogen) atoms. The zero-order valence-electron chi connectivity index (χ0n) is 9.80. The Hall–Kier alpha value is -1.80. The third-order valence-electron chi connectivity index (χ3n) is 3.26. The zero-order valence-corrected chi connectivity index (χ0v) is 9.80. The van der Waals surface area contributed by atoms with Crippen molar-refractivity contribution in [3.8, 4) is 6.07 Å². The van der Waals surface area contributed by atoms with Gasteiger partial charge in [-0.15, -0.1) is 0 Å². The van der Waals surface area contributed by atoms with Crippen LogP contribution in [0.2, 0.25) is 0 Å². The van der Waals surface area contributed by atoms with Crippen LogP contribution in [0.1, 0.15) is 19.0 Å². The highest BCUT2D eigenvalue weighted by atomic mass is 16.3. The Labute approximate surface area is 100 Å². The molecule has 0 amide bonds. The molecule has 3 N–H and O–H groups in total. The summed E-state index contributed by atoms with van der Waals surface area (Å²) in [6.07, 6.45) is 0.586. The van der Waals surface area contributed by atoms with Gasteiger partial charge in [0.15, 0.2) is 5.69 Å². The van der Waals surface area contributed by atoms with Gasteiger partial charge < -0.3 is 15.7 Å². The van der Waals surface area contributed by atoms with Crippen LogP contribution < -0.4 is 10.6 Å². The smallest absolute Gasteiger partial charge is 0.165 e. The van der Waals surface area contributed by atoms with Gasteiger partial charge in [-0.2, -0.15) is 5.26 Å². The van der Waals surface area contributed by atoms with Crippen molar-refractivity contribution in [3.05, 3.63) is 17.8 Å².